The van der Waals surface area contributed by atoms with Crippen LogP contribution in [0.15, 0.2) is 24.3 Å². The molecule has 0 saturated carbocycles. The molecule has 0 aliphatic heterocycles. The third-order valence-corrected chi connectivity index (χ3v) is 17.0. The van der Waals surface area contributed by atoms with Crippen LogP contribution < -0.4 is 0 Å². The Balaban J connectivity index is 5.28. The summed E-state index contributed by atoms with van der Waals surface area (Å²) in [6.45, 7) is 11.6. The van der Waals surface area contributed by atoms with E-state index in [0.29, 0.717) is 31.6 Å². The lowest BCUT2D eigenvalue weighted by Gasteiger charge is -2.21. The van der Waals surface area contributed by atoms with E-state index in [0.717, 1.165) is 127 Å². The molecule has 0 spiro atoms. The standard InChI is InChI=1S/C67H126O17P2/c1-8-10-11-12-13-14-15-16-17-18-19-22-25-36-43-50-66(71)83-63(55-78-65(70)49-42-35-30-28-33-40-47-60(7)9-2)57-82-86(75,76)80-53-61(68)52-79-85(73,74)81-56-62(54-77-64(69)48-41-34-29-27-32-39-46-59(5)6)84-67(72)51-44-37-26-23-20-21-24-31-38-45-58(3)4/h14-17,58-63,68H,8-13,18-57H2,1-7H3,(H,73,74)(H,75,76)/b15-14-,17-16-/t60?,61-,62-,63-/m1/s1. The van der Waals surface area contributed by atoms with Crippen LogP contribution in [0.1, 0.15) is 305 Å². The molecule has 0 aromatic heterocycles. The van der Waals surface area contributed by atoms with Crippen molar-refractivity contribution in [1.82, 2.24) is 0 Å². The van der Waals surface area contributed by atoms with E-state index in [2.05, 4.69) is 72.8 Å². The minimum Gasteiger partial charge on any atom is -0.462 e. The van der Waals surface area contributed by atoms with Crippen LogP contribution in [-0.2, 0) is 65.4 Å². The normalized spacial score (nSPS) is 14.8. The van der Waals surface area contributed by atoms with Gasteiger partial charge in [-0.15, -0.1) is 0 Å². The van der Waals surface area contributed by atoms with Crippen LogP contribution >= 0.6 is 15.6 Å². The van der Waals surface area contributed by atoms with Crippen LogP contribution in [-0.4, -0.2) is 96.7 Å². The second kappa shape index (κ2) is 57.7. The Labute approximate surface area is 522 Å². The van der Waals surface area contributed by atoms with Gasteiger partial charge in [-0.05, 0) is 69.1 Å². The number of phosphoric ester groups is 2. The second-order valence-electron chi connectivity index (χ2n) is 24.7. The summed E-state index contributed by atoms with van der Waals surface area (Å²) >= 11 is 0. The van der Waals surface area contributed by atoms with Crippen molar-refractivity contribution < 1.29 is 80.2 Å². The van der Waals surface area contributed by atoms with Gasteiger partial charge in [0.25, 0.3) is 0 Å². The molecule has 0 amide bonds. The highest BCUT2D eigenvalue weighted by atomic mass is 31.2. The number of phosphoric acid groups is 2. The molecule has 6 atom stereocenters. The van der Waals surface area contributed by atoms with Crippen molar-refractivity contribution in [3.63, 3.8) is 0 Å². The molecule has 0 bridgehead atoms. The third-order valence-electron chi connectivity index (χ3n) is 15.1. The number of hydrogen-bond donors (Lipinski definition) is 3. The third kappa shape index (κ3) is 59.2. The average Bonchev–Trinajstić information content (AvgIpc) is 3.58. The molecule has 17 nitrogen and oxygen atoms in total. The molecule has 0 aromatic carbocycles. The molecule has 506 valence electrons. The van der Waals surface area contributed by atoms with Crippen molar-refractivity contribution in [2.45, 2.75) is 324 Å². The van der Waals surface area contributed by atoms with Gasteiger partial charge in [0.1, 0.15) is 19.3 Å². The molecule has 86 heavy (non-hydrogen) atoms. The van der Waals surface area contributed by atoms with Gasteiger partial charge in [-0.3, -0.25) is 37.3 Å². The van der Waals surface area contributed by atoms with Gasteiger partial charge in [-0.2, -0.15) is 0 Å². The maximum Gasteiger partial charge on any atom is 0.472 e. The molecule has 0 aliphatic carbocycles. The smallest absolute Gasteiger partial charge is 0.462 e. The van der Waals surface area contributed by atoms with E-state index in [1.807, 2.05) is 0 Å². The summed E-state index contributed by atoms with van der Waals surface area (Å²) in [5, 5.41) is 10.6. The van der Waals surface area contributed by atoms with Crippen LogP contribution in [0.4, 0.5) is 0 Å². The second-order valence-corrected chi connectivity index (χ2v) is 27.6. The van der Waals surface area contributed by atoms with Crippen LogP contribution in [0.3, 0.4) is 0 Å². The highest BCUT2D eigenvalue weighted by Crippen LogP contribution is 2.45. The zero-order valence-corrected chi connectivity index (χ0v) is 57.0. The summed E-state index contributed by atoms with van der Waals surface area (Å²) in [7, 11) is -9.91. The number of ether oxygens (including phenoxy) is 4. The van der Waals surface area contributed by atoms with Gasteiger partial charge < -0.3 is 33.8 Å². The quantitative estimate of drug-likeness (QED) is 0.0169. The Hall–Kier alpha value is -2.46. The first-order chi connectivity index (χ1) is 41.3. The summed E-state index contributed by atoms with van der Waals surface area (Å²) in [5.74, 6) is -0.0257. The predicted molar refractivity (Wildman–Crippen MR) is 344 cm³/mol. The summed E-state index contributed by atoms with van der Waals surface area (Å²) in [5.41, 5.74) is 0. The van der Waals surface area contributed by atoms with E-state index in [9.17, 15) is 43.2 Å². The van der Waals surface area contributed by atoms with E-state index in [4.69, 9.17) is 37.0 Å². The van der Waals surface area contributed by atoms with Crippen molar-refractivity contribution in [1.29, 1.82) is 0 Å². The molecule has 0 aromatic rings. The van der Waals surface area contributed by atoms with Gasteiger partial charge in [0.15, 0.2) is 12.2 Å². The molecule has 3 N–H and O–H groups in total. The monoisotopic (exact) mass is 1260 g/mol. The van der Waals surface area contributed by atoms with E-state index in [1.54, 1.807) is 0 Å². The first kappa shape index (κ1) is 83.5. The van der Waals surface area contributed by atoms with Gasteiger partial charge in [0, 0.05) is 25.7 Å². The predicted octanol–water partition coefficient (Wildman–Crippen LogP) is 18.2. The van der Waals surface area contributed by atoms with Crippen LogP contribution in [0.25, 0.3) is 0 Å². The molecule has 0 fully saturated rings. The topological polar surface area (TPSA) is 237 Å². The maximum absolute atomic E-state index is 13.0. The Bertz CT molecular complexity index is 1790. The molecule has 0 saturated heterocycles. The van der Waals surface area contributed by atoms with Gasteiger partial charge in [-0.1, -0.05) is 253 Å². The van der Waals surface area contributed by atoms with Crippen molar-refractivity contribution in [2.75, 3.05) is 39.6 Å². The first-order valence-electron chi connectivity index (χ1n) is 34.2. The van der Waals surface area contributed by atoms with Gasteiger partial charge in [-0.25, -0.2) is 9.13 Å². The molecular formula is C67H126O17P2. The van der Waals surface area contributed by atoms with Crippen molar-refractivity contribution in [3.05, 3.63) is 24.3 Å². The van der Waals surface area contributed by atoms with Crippen LogP contribution in [0.5, 0.6) is 0 Å². The van der Waals surface area contributed by atoms with Crippen molar-refractivity contribution >= 4 is 39.5 Å². The number of rotatable bonds is 63. The fraction of sp³-hybridized carbons (Fsp3) is 0.881. The van der Waals surface area contributed by atoms with Crippen LogP contribution in [0.2, 0.25) is 0 Å². The van der Waals surface area contributed by atoms with Crippen LogP contribution in [0, 0.1) is 17.8 Å². The Morgan fingerprint density at radius 1 is 0.384 bits per heavy atom. The zero-order chi connectivity index (χ0) is 63.8. The number of unbranched alkanes of at least 4 members (excludes halogenated alkanes) is 27. The molecule has 3 unspecified atom stereocenters. The number of hydrogen-bond acceptors (Lipinski definition) is 15. The Kier molecular flexibility index (Phi) is 56.0. The zero-order valence-electron chi connectivity index (χ0n) is 55.3. The lowest BCUT2D eigenvalue weighted by molar-refractivity contribution is -0.161. The number of allylic oxidation sites excluding steroid dienone is 4. The van der Waals surface area contributed by atoms with E-state index in [-0.39, 0.29) is 25.7 Å². The number of carbonyl (C=O) groups is 4. The minimum atomic E-state index is -4.96. The number of carbonyl (C=O) groups excluding carboxylic acids is 4. The summed E-state index contributed by atoms with van der Waals surface area (Å²) in [4.78, 5) is 72.3. The summed E-state index contributed by atoms with van der Waals surface area (Å²) in [6.07, 6.45) is 42.7. The fourth-order valence-electron chi connectivity index (χ4n) is 9.44. The Morgan fingerprint density at radius 2 is 0.686 bits per heavy atom. The lowest BCUT2D eigenvalue weighted by atomic mass is 10.00. The molecule has 0 heterocycles. The summed E-state index contributed by atoms with van der Waals surface area (Å²) < 4.78 is 68.0. The molecule has 19 heteroatoms. The first-order valence-corrected chi connectivity index (χ1v) is 37.2. The largest absolute Gasteiger partial charge is 0.472 e. The highest BCUT2D eigenvalue weighted by molar-refractivity contribution is 7.47. The van der Waals surface area contributed by atoms with E-state index >= 15 is 0 Å². The maximum atomic E-state index is 13.0. The SMILES string of the molecule is CCCCCC/C=C\C=C/CCCCCCCC(=O)O[C@H](COC(=O)CCCCCCCCC(C)CC)COP(=O)(O)OC[C@H](O)COP(=O)(O)OC[C@@H](COC(=O)CCCCCCCCC(C)C)OC(=O)CCCCCCCCCCCC(C)C. The number of esters is 4. The van der Waals surface area contributed by atoms with Crippen molar-refractivity contribution in [3.8, 4) is 0 Å². The molecule has 0 aliphatic rings. The highest BCUT2D eigenvalue weighted by Gasteiger charge is 2.30. The summed E-state index contributed by atoms with van der Waals surface area (Å²) in [6, 6.07) is 0. The average molecular weight is 1270 g/mol. The number of aliphatic hydroxyl groups excluding tert-OH is 1. The van der Waals surface area contributed by atoms with Crippen molar-refractivity contribution in [2.24, 2.45) is 17.8 Å². The van der Waals surface area contributed by atoms with Gasteiger partial charge in [0.2, 0.25) is 0 Å². The molecule has 0 radical (unpaired) electrons. The molecule has 0 rings (SSSR count). The fourth-order valence-corrected chi connectivity index (χ4v) is 11.0. The molecular weight excluding hydrogens is 1140 g/mol. The number of aliphatic hydroxyl groups is 1. The van der Waals surface area contributed by atoms with E-state index < -0.39 is 97.5 Å². The Morgan fingerprint density at radius 3 is 1.03 bits per heavy atom. The van der Waals surface area contributed by atoms with Gasteiger partial charge >= 0.3 is 39.5 Å². The van der Waals surface area contributed by atoms with E-state index in [1.165, 1.54) is 89.9 Å². The lowest BCUT2D eigenvalue weighted by Crippen LogP contribution is -2.30. The van der Waals surface area contributed by atoms with Gasteiger partial charge in [0.05, 0.1) is 26.4 Å². The minimum absolute atomic E-state index is 0.0834.